The molecule has 1 atom stereocenters. The molecule has 114 valence electrons. The Morgan fingerprint density at radius 1 is 1.33 bits per heavy atom. The molecule has 1 aromatic heterocycles. The number of fused-ring (bicyclic) bond motifs is 1. The topological polar surface area (TPSA) is 34.4 Å². The van der Waals surface area contributed by atoms with Gasteiger partial charge in [-0.15, -0.1) is 0 Å². The van der Waals surface area contributed by atoms with Gasteiger partial charge in [0.05, 0.1) is 11.6 Å². The molecule has 21 heavy (non-hydrogen) atoms. The van der Waals surface area contributed by atoms with Gasteiger partial charge in [-0.25, -0.2) is 0 Å². The third-order valence-electron chi connectivity index (χ3n) is 4.84. The van der Waals surface area contributed by atoms with Crippen LogP contribution in [-0.2, 0) is 4.74 Å². The molecule has 0 saturated heterocycles. The van der Waals surface area contributed by atoms with E-state index in [9.17, 15) is 0 Å². The minimum Gasteiger partial charge on any atom is -0.459 e. The van der Waals surface area contributed by atoms with Crippen molar-refractivity contribution in [3.8, 4) is 0 Å². The van der Waals surface area contributed by atoms with E-state index >= 15 is 0 Å². The zero-order valence-corrected chi connectivity index (χ0v) is 13.2. The average molecular weight is 287 g/mol. The third kappa shape index (κ3) is 2.49. The molecule has 3 heteroatoms. The molecule has 0 aliphatic heterocycles. The standard InChI is InChI=1S/C18H25NO2/c1-4-19-17(18(20-3)10-5-6-11-18)15-12-14-9-7-8-13(2)16(14)21-15/h7-9,12,17,19H,4-6,10-11H2,1-3H3. The van der Waals surface area contributed by atoms with Gasteiger partial charge in [-0.1, -0.05) is 38.0 Å². The van der Waals surface area contributed by atoms with Crippen LogP contribution in [0.5, 0.6) is 0 Å². The number of ether oxygens (including phenoxy) is 1. The van der Waals surface area contributed by atoms with Crippen molar-refractivity contribution in [2.24, 2.45) is 0 Å². The Kier molecular flexibility index (Phi) is 4.05. The number of hydrogen-bond donors (Lipinski definition) is 1. The number of methoxy groups -OCH3 is 1. The fourth-order valence-electron chi connectivity index (χ4n) is 3.71. The van der Waals surface area contributed by atoms with Gasteiger partial charge in [0.1, 0.15) is 11.3 Å². The average Bonchev–Trinajstić information content (AvgIpc) is 3.13. The number of furan rings is 1. The van der Waals surface area contributed by atoms with Crippen LogP contribution < -0.4 is 5.32 Å². The molecule has 1 aromatic carbocycles. The molecule has 1 saturated carbocycles. The maximum absolute atomic E-state index is 6.21. The molecule has 1 unspecified atom stereocenters. The number of para-hydroxylation sites is 1. The van der Waals surface area contributed by atoms with Gasteiger partial charge >= 0.3 is 0 Å². The zero-order chi connectivity index (χ0) is 14.9. The maximum Gasteiger partial charge on any atom is 0.137 e. The van der Waals surface area contributed by atoms with Crippen molar-refractivity contribution in [1.29, 1.82) is 0 Å². The Morgan fingerprint density at radius 3 is 2.71 bits per heavy atom. The van der Waals surface area contributed by atoms with E-state index in [1.807, 2.05) is 7.11 Å². The van der Waals surface area contributed by atoms with Crippen molar-refractivity contribution in [3.63, 3.8) is 0 Å². The largest absolute Gasteiger partial charge is 0.459 e. The lowest BCUT2D eigenvalue weighted by Crippen LogP contribution is -2.43. The van der Waals surface area contributed by atoms with Crippen molar-refractivity contribution >= 4 is 11.0 Å². The van der Waals surface area contributed by atoms with E-state index in [1.165, 1.54) is 23.8 Å². The lowest BCUT2D eigenvalue weighted by molar-refractivity contribution is -0.0413. The fraction of sp³-hybridized carbons (Fsp3) is 0.556. The summed E-state index contributed by atoms with van der Waals surface area (Å²) < 4.78 is 12.2. The lowest BCUT2D eigenvalue weighted by atomic mass is 9.90. The zero-order valence-electron chi connectivity index (χ0n) is 13.2. The Bertz CT molecular complexity index is 611. The molecule has 1 aliphatic carbocycles. The summed E-state index contributed by atoms with van der Waals surface area (Å²) in [7, 11) is 1.84. The Labute approximate surface area is 126 Å². The van der Waals surface area contributed by atoms with Crippen molar-refractivity contribution in [2.75, 3.05) is 13.7 Å². The Morgan fingerprint density at radius 2 is 2.10 bits per heavy atom. The van der Waals surface area contributed by atoms with Gasteiger partial charge in [0.25, 0.3) is 0 Å². The van der Waals surface area contributed by atoms with Crippen molar-refractivity contribution in [1.82, 2.24) is 5.32 Å². The molecule has 2 aromatic rings. The second kappa shape index (κ2) is 5.82. The molecule has 1 N–H and O–H groups in total. The van der Waals surface area contributed by atoms with Gasteiger partial charge in [0, 0.05) is 12.5 Å². The van der Waals surface area contributed by atoms with Crippen molar-refractivity contribution in [3.05, 3.63) is 35.6 Å². The van der Waals surface area contributed by atoms with E-state index in [1.54, 1.807) is 0 Å². The summed E-state index contributed by atoms with van der Waals surface area (Å²) in [6, 6.07) is 8.60. The molecular weight excluding hydrogens is 262 g/mol. The Balaban J connectivity index is 2.04. The van der Waals surface area contributed by atoms with Crippen LogP contribution >= 0.6 is 0 Å². The predicted molar refractivity (Wildman–Crippen MR) is 85.6 cm³/mol. The first-order valence-electron chi connectivity index (χ1n) is 7.98. The van der Waals surface area contributed by atoms with Crippen molar-refractivity contribution < 1.29 is 9.15 Å². The summed E-state index contributed by atoms with van der Waals surface area (Å²) in [5.41, 5.74) is 2.06. The number of hydrogen-bond acceptors (Lipinski definition) is 3. The highest BCUT2D eigenvalue weighted by molar-refractivity contribution is 5.81. The summed E-state index contributed by atoms with van der Waals surface area (Å²) in [5, 5.41) is 4.77. The van der Waals surface area contributed by atoms with E-state index in [2.05, 4.69) is 43.4 Å². The number of aryl methyl sites for hydroxylation is 1. The van der Waals surface area contributed by atoms with Gasteiger partial charge in [-0.05, 0) is 37.9 Å². The van der Waals surface area contributed by atoms with Gasteiger partial charge in [0.15, 0.2) is 0 Å². The summed E-state index contributed by atoms with van der Waals surface area (Å²) >= 11 is 0. The molecule has 0 amide bonds. The molecule has 0 bridgehead atoms. The van der Waals surface area contributed by atoms with E-state index in [-0.39, 0.29) is 11.6 Å². The third-order valence-corrected chi connectivity index (χ3v) is 4.84. The molecule has 1 aliphatic rings. The van der Waals surface area contributed by atoms with Crippen LogP contribution in [0.4, 0.5) is 0 Å². The fourth-order valence-corrected chi connectivity index (χ4v) is 3.71. The summed E-state index contributed by atoms with van der Waals surface area (Å²) in [5.74, 6) is 1.00. The van der Waals surface area contributed by atoms with E-state index in [0.717, 1.165) is 30.7 Å². The Hall–Kier alpha value is -1.32. The van der Waals surface area contributed by atoms with E-state index < -0.39 is 0 Å². The van der Waals surface area contributed by atoms with Crippen LogP contribution in [0, 0.1) is 6.92 Å². The molecular formula is C18H25NO2. The molecule has 1 heterocycles. The molecule has 1 fully saturated rings. The monoisotopic (exact) mass is 287 g/mol. The number of likely N-dealkylation sites (N-methyl/N-ethyl adjacent to an activating group) is 1. The minimum atomic E-state index is -0.127. The smallest absolute Gasteiger partial charge is 0.137 e. The summed E-state index contributed by atoms with van der Waals surface area (Å²) in [6.45, 7) is 5.14. The second-order valence-corrected chi connectivity index (χ2v) is 6.11. The second-order valence-electron chi connectivity index (χ2n) is 6.11. The van der Waals surface area contributed by atoms with Crippen LogP contribution in [-0.4, -0.2) is 19.3 Å². The van der Waals surface area contributed by atoms with Crippen molar-refractivity contribution in [2.45, 2.75) is 51.2 Å². The lowest BCUT2D eigenvalue weighted by Gasteiger charge is -2.35. The molecule has 3 rings (SSSR count). The van der Waals surface area contributed by atoms with E-state index in [0.29, 0.717) is 0 Å². The normalized spacial score (nSPS) is 19.2. The SMILES string of the molecule is CCNC(c1cc2cccc(C)c2o1)C1(OC)CCCC1. The number of rotatable bonds is 5. The maximum atomic E-state index is 6.21. The van der Waals surface area contributed by atoms with Crippen LogP contribution in [0.25, 0.3) is 11.0 Å². The van der Waals surface area contributed by atoms with Gasteiger partial charge in [-0.2, -0.15) is 0 Å². The van der Waals surface area contributed by atoms with Crippen LogP contribution in [0.2, 0.25) is 0 Å². The quantitative estimate of drug-likeness (QED) is 0.887. The first-order chi connectivity index (χ1) is 10.2. The van der Waals surface area contributed by atoms with E-state index in [4.69, 9.17) is 9.15 Å². The molecule has 3 nitrogen and oxygen atoms in total. The first-order valence-corrected chi connectivity index (χ1v) is 7.98. The van der Waals surface area contributed by atoms with Crippen LogP contribution in [0.1, 0.15) is 50.0 Å². The number of benzene rings is 1. The summed E-state index contributed by atoms with van der Waals surface area (Å²) in [6.07, 6.45) is 4.65. The molecule has 0 radical (unpaired) electrons. The number of nitrogens with one attached hydrogen (secondary N) is 1. The van der Waals surface area contributed by atoms with Gasteiger partial charge in [-0.3, -0.25) is 0 Å². The highest BCUT2D eigenvalue weighted by atomic mass is 16.5. The van der Waals surface area contributed by atoms with Crippen LogP contribution in [0.15, 0.2) is 28.7 Å². The highest BCUT2D eigenvalue weighted by Gasteiger charge is 2.43. The summed E-state index contributed by atoms with van der Waals surface area (Å²) in [4.78, 5) is 0. The highest BCUT2D eigenvalue weighted by Crippen LogP contribution is 2.43. The molecule has 0 spiro atoms. The first kappa shape index (κ1) is 14.6. The predicted octanol–water partition coefficient (Wildman–Crippen LogP) is 4.35. The van der Waals surface area contributed by atoms with Crippen LogP contribution in [0.3, 0.4) is 0 Å². The van der Waals surface area contributed by atoms with Gasteiger partial charge < -0.3 is 14.5 Å². The van der Waals surface area contributed by atoms with Gasteiger partial charge in [0.2, 0.25) is 0 Å². The minimum absolute atomic E-state index is 0.127.